The Morgan fingerprint density at radius 1 is 1.00 bits per heavy atom. The number of carbonyl (C=O) groups excluding carboxylic acids is 1. The number of amides is 1. The van der Waals surface area contributed by atoms with Gasteiger partial charge in [0.05, 0.1) is 21.7 Å². The average Bonchev–Trinajstić information content (AvgIpc) is 2.81. The van der Waals surface area contributed by atoms with Gasteiger partial charge < -0.3 is 10.1 Å². The lowest BCUT2D eigenvalue weighted by Crippen LogP contribution is -2.30. The molecule has 174 valence electrons. The smallest absolute Gasteiger partial charge is 0.264 e. The molecule has 0 unspecified atom stereocenters. The van der Waals surface area contributed by atoms with Crippen molar-refractivity contribution in [1.29, 1.82) is 0 Å². The molecule has 8 heteroatoms. The Morgan fingerprint density at radius 2 is 1.70 bits per heavy atom. The minimum Gasteiger partial charge on any atom is -0.492 e. The first kappa shape index (κ1) is 24.8. The van der Waals surface area contributed by atoms with Gasteiger partial charge in [-0.1, -0.05) is 31.5 Å². The Morgan fingerprint density at radius 3 is 2.30 bits per heavy atom. The molecule has 0 aliphatic rings. The summed E-state index contributed by atoms with van der Waals surface area (Å²) in [5, 5.41) is 2.80. The van der Waals surface area contributed by atoms with E-state index in [-0.39, 0.29) is 10.8 Å². The van der Waals surface area contributed by atoms with E-state index in [1.165, 1.54) is 16.4 Å². The van der Waals surface area contributed by atoms with Gasteiger partial charge in [0, 0.05) is 17.8 Å². The second-order valence-electron chi connectivity index (χ2n) is 7.33. The largest absolute Gasteiger partial charge is 0.492 e. The summed E-state index contributed by atoms with van der Waals surface area (Å²) in [6.07, 6.45) is 2.00. The lowest BCUT2D eigenvalue weighted by molar-refractivity contribution is 0.102. The Kier molecular flexibility index (Phi) is 8.52. The molecule has 1 N–H and O–H groups in total. The number of nitrogens with one attached hydrogen (secondary N) is 1. The van der Waals surface area contributed by atoms with E-state index in [0.29, 0.717) is 40.3 Å². The van der Waals surface area contributed by atoms with Crippen LogP contribution in [0.2, 0.25) is 0 Å². The van der Waals surface area contributed by atoms with Gasteiger partial charge in [-0.15, -0.1) is 0 Å². The highest BCUT2D eigenvalue weighted by atomic mass is 79.9. The van der Waals surface area contributed by atoms with Gasteiger partial charge in [-0.2, -0.15) is 0 Å². The van der Waals surface area contributed by atoms with Crippen LogP contribution < -0.4 is 14.4 Å². The van der Waals surface area contributed by atoms with Crippen molar-refractivity contribution < 1.29 is 17.9 Å². The van der Waals surface area contributed by atoms with E-state index in [4.69, 9.17) is 4.74 Å². The third-order valence-corrected chi connectivity index (χ3v) is 7.52. The number of carbonyl (C=O) groups is 1. The molecule has 0 saturated heterocycles. The Labute approximate surface area is 203 Å². The zero-order chi connectivity index (χ0) is 23.8. The number of sulfonamides is 1. The number of unbranched alkanes of at least 4 members (excludes halogenated alkanes) is 1. The maximum Gasteiger partial charge on any atom is 0.264 e. The zero-order valence-electron chi connectivity index (χ0n) is 18.6. The van der Waals surface area contributed by atoms with Crippen molar-refractivity contribution in [2.24, 2.45) is 0 Å². The zero-order valence-corrected chi connectivity index (χ0v) is 21.0. The monoisotopic (exact) mass is 530 g/mol. The Bertz CT molecular complexity index is 1180. The molecule has 3 rings (SSSR count). The molecule has 0 aromatic heterocycles. The predicted octanol–water partition coefficient (Wildman–Crippen LogP) is 6.10. The highest BCUT2D eigenvalue weighted by molar-refractivity contribution is 9.10. The SMILES string of the molecule is CCCCOc1ccc(C(=O)Nc2ccc(S(=O)(=O)N(CC)c3ccccc3)cc2)cc1Br. The minimum absolute atomic E-state index is 0.155. The molecule has 0 spiro atoms. The van der Waals surface area contributed by atoms with Crippen molar-refractivity contribution in [3.63, 3.8) is 0 Å². The standard InChI is InChI=1S/C25H27BrN2O4S/c1-3-5-17-32-24-16-11-19(18-23(24)26)25(29)27-20-12-14-22(15-13-20)33(30,31)28(4-2)21-9-7-6-8-10-21/h6-16,18H,3-5,17H2,1-2H3,(H,27,29). The first-order valence-electron chi connectivity index (χ1n) is 10.8. The van der Waals surface area contributed by atoms with E-state index in [9.17, 15) is 13.2 Å². The van der Waals surface area contributed by atoms with Crippen LogP contribution in [0, 0.1) is 0 Å². The summed E-state index contributed by atoms with van der Waals surface area (Å²) in [5.41, 5.74) is 1.56. The topological polar surface area (TPSA) is 75.7 Å². The number of hydrogen-bond acceptors (Lipinski definition) is 4. The summed E-state index contributed by atoms with van der Waals surface area (Å²) in [7, 11) is -3.72. The summed E-state index contributed by atoms with van der Waals surface area (Å²) in [5.74, 6) is 0.388. The first-order valence-corrected chi connectivity index (χ1v) is 13.0. The van der Waals surface area contributed by atoms with Gasteiger partial charge in [0.2, 0.25) is 0 Å². The summed E-state index contributed by atoms with van der Waals surface area (Å²) in [6.45, 7) is 4.81. The van der Waals surface area contributed by atoms with Crippen LogP contribution in [0.3, 0.4) is 0 Å². The molecular weight excluding hydrogens is 504 g/mol. The third-order valence-electron chi connectivity index (χ3n) is 4.98. The fourth-order valence-corrected chi connectivity index (χ4v) is 5.18. The number of anilines is 2. The number of ether oxygens (including phenoxy) is 1. The average molecular weight is 531 g/mol. The van der Waals surface area contributed by atoms with E-state index < -0.39 is 10.0 Å². The third kappa shape index (κ3) is 6.15. The van der Waals surface area contributed by atoms with Crippen molar-refractivity contribution in [2.45, 2.75) is 31.6 Å². The Hall–Kier alpha value is -2.84. The van der Waals surface area contributed by atoms with Crippen molar-refractivity contribution in [3.8, 4) is 5.75 Å². The summed E-state index contributed by atoms with van der Waals surface area (Å²) < 4.78 is 34.0. The molecule has 0 aliphatic heterocycles. The lowest BCUT2D eigenvalue weighted by atomic mass is 10.2. The summed E-state index contributed by atoms with van der Waals surface area (Å²) >= 11 is 3.45. The fourth-order valence-electron chi connectivity index (χ4n) is 3.21. The number of para-hydroxylation sites is 1. The van der Waals surface area contributed by atoms with Gasteiger partial charge in [0.1, 0.15) is 5.75 Å². The van der Waals surface area contributed by atoms with Gasteiger partial charge in [0.25, 0.3) is 15.9 Å². The molecule has 0 fully saturated rings. The second-order valence-corrected chi connectivity index (χ2v) is 10.0. The van der Waals surface area contributed by atoms with Crippen LogP contribution in [0.1, 0.15) is 37.0 Å². The number of halogens is 1. The molecule has 0 heterocycles. The number of nitrogens with zero attached hydrogens (tertiary/aromatic N) is 1. The number of rotatable bonds is 10. The second kappa shape index (κ2) is 11.3. The van der Waals surface area contributed by atoms with E-state index in [1.54, 1.807) is 61.5 Å². The number of hydrogen-bond donors (Lipinski definition) is 1. The van der Waals surface area contributed by atoms with Crippen LogP contribution in [0.5, 0.6) is 5.75 Å². The van der Waals surface area contributed by atoms with Gasteiger partial charge in [0.15, 0.2) is 0 Å². The van der Waals surface area contributed by atoms with Gasteiger partial charge >= 0.3 is 0 Å². The van der Waals surface area contributed by atoms with Gasteiger partial charge in [-0.25, -0.2) is 8.42 Å². The van der Waals surface area contributed by atoms with Crippen LogP contribution in [-0.2, 0) is 10.0 Å². The normalized spacial score (nSPS) is 11.1. The van der Waals surface area contributed by atoms with Crippen LogP contribution in [0.15, 0.2) is 82.2 Å². The molecule has 3 aromatic carbocycles. The fraction of sp³-hybridized carbons (Fsp3) is 0.240. The maximum atomic E-state index is 13.1. The highest BCUT2D eigenvalue weighted by Crippen LogP contribution is 2.27. The molecule has 1 amide bonds. The van der Waals surface area contributed by atoms with E-state index in [2.05, 4.69) is 28.2 Å². The highest BCUT2D eigenvalue weighted by Gasteiger charge is 2.23. The molecule has 0 aliphatic carbocycles. The molecule has 0 saturated carbocycles. The number of benzene rings is 3. The molecule has 6 nitrogen and oxygen atoms in total. The summed E-state index contributed by atoms with van der Waals surface area (Å²) in [6, 6.07) is 20.3. The van der Waals surface area contributed by atoms with E-state index >= 15 is 0 Å². The molecular formula is C25H27BrN2O4S. The van der Waals surface area contributed by atoms with Crippen LogP contribution >= 0.6 is 15.9 Å². The van der Waals surface area contributed by atoms with Gasteiger partial charge in [-0.3, -0.25) is 9.10 Å². The maximum absolute atomic E-state index is 13.1. The van der Waals surface area contributed by atoms with Crippen molar-refractivity contribution in [1.82, 2.24) is 0 Å². The van der Waals surface area contributed by atoms with E-state index in [0.717, 1.165) is 12.8 Å². The predicted molar refractivity (Wildman–Crippen MR) is 136 cm³/mol. The molecule has 0 radical (unpaired) electrons. The quantitative estimate of drug-likeness (QED) is 0.321. The first-order chi connectivity index (χ1) is 15.9. The van der Waals surface area contributed by atoms with Crippen molar-refractivity contribution in [3.05, 3.63) is 82.8 Å². The van der Waals surface area contributed by atoms with Crippen molar-refractivity contribution >= 4 is 43.2 Å². The molecule has 33 heavy (non-hydrogen) atoms. The van der Waals surface area contributed by atoms with Crippen LogP contribution in [-0.4, -0.2) is 27.5 Å². The van der Waals surface area contributed by atoms with Gasteiger partial charge in [-0.05, 0) is 83.9 Å². The molecule has 0 atom stereocenters. The van der Waals surface area contributed by atoms with Crippen molar-refractivity contribution in [2.75, 3.05) is 22.8 Å². The van der Waals surface area contributed by atoms with Crippen LogP contribution in [0.25, 0.3) is 0 Å². The minimum atomic E-state index is -3.72. The molecule has 3 aromatic rings. The Balaban J connectivity index is 1.71. The van der Waals surface area contributed by atoms with E-state index in [1.807, 2.05) is 6.07 Å². The summed E-state index contributed by atoms with van der Waals surface area (Å²) in [4.78, 5) is 12.8. The van der Waals surface area contributed by atoms with Crippen LogP contribution in [0.4, 0.5) is 11.4 Å². The lowest BCUT2D eigenvalue weighted by Gasteiger charge is -2.23. The molecule has 0 bridgehead atoms.